The number of benzene rings is 1. The number of rotatable bonds is 6. The maximum absolute atomic E-state index is 12.0. The van der Waals surface area contributed by atoms with Gasteiger partial charge in [-0.15, -0.1) is 0 Å². The van der Waals surface area contributed by atoms with Gasteiger partial charge in [-0.1, -0.05) is 23.8 Å². The number of aryl methyl sites for hydroxylation is 1. The fraction of sp³-hybridized carbons (Fsp3) is 0.222. The quantitative estimate of drug-likeness (QED) is 0.710. The zero-order chi connectivity index (χ0) is 16.1. The van der Waals surface area contributed by atoms with Gasteiger partial charge in [0.1, 0.15) is 5.75 Å². The van der Waals surface area contributed by atoms with Gasteiger partial charge in [0.15, 0.2) is 0 Å². The fourth-order valence-corrected chi connectivity index (χ4v) is 2.28. The highest BCUT2D eigenvalue weighted by Crippen LogP contribution is 2.13. The van der Waals surface area contributed by atoms with E-state index in [9.17, 15) is 4.79 Å². The molecule has 0 aliphatic heterocycles. The van der Waals surface area contributed by atoms with Crippen LogP contribution in [0, 0.1) is 6.92 Å². The molecule has 0 aliphatic carbocycles. The van der Waals surface area contributed by atoms with Crippen molar-refractivity contribution < 1.29 is 9.53 Å². The second-order valence-corrected chi connectivity index (χ2v) is 5.39. The van der Waals surface area contributed by atoms with Gasteiger partial charge in [-0.25, -0.2) is 4.98 Å². The molecule has 23 heavy (non-hydrogen) atoms. The van der Waals surface area contributed by atoms with Crippen molar-refractivity contribution in [3.05, 3.63) is 60.4 Å². The summed E-state index contributed by atoms with van der Waals surface area (Å²) in [4.78, 5) is 16.2. The first kappa shape index (κ1) is 15.1. The van der Waals surface area contributed by atoms with Gasteiger partial charge in [0.25, 0.3) is 0 Å². The summed E-state index contributed by atoms with van der Waals surface area (Å²) in [6.07, 6.45) is 4.66. The maximum atomic E-state index is 12.0. The minimum atomic E-state index is -0.0612. The molecule has 0 spiro atoms. The van der Waals surface area contributed by atoms with E-state index in [-0.39, 0.29) is 5.91 Å². The van der Waals surface area contributed by atoms with E-state index in [0.29, 0.717) is 25.4 Å². The molecule has 5 nitrogen and oxygen atoms in total. The molecule has 0 fully saturated rings. The lowest BCUT2D eigenvalue weighted by Crippen LogP contribution is -2.14. The summed E-state index contributed by atoms with van der Waals surface area (Å²) in [5.74, 6) is 1.31. The summed E-state index contributed by atoms with van der Waals surface area (Å²) in [6.45, 7) is 2.55. The largest absolute Gasteiger partial charge is 0.494 e. The van der Waals surface area contributed by atoms with E-state index in [1.165, 1.54) is 5.56 Å². The van der Waals surface area contributed by atoms with Gasteiger partial charge < -0.3 is 4.74 Å². The molecule has 3 aromatic rings. The van der Waals surface area contributed by atoms with Crippen LogP contribution in [0.25, 0.3) is 5.52 Å². The van der Waals surface area contributed by atoms with E-state index in [1.807, 2.05) is 60.0 Å². The Hall–Kier alpha value is -2.82. The van der Waals surface area contributed by atoms with Crippen molar-refractivity contribution in [2.24, 2.45) is 0 Å². The number of aromatic nitrogens is 2. The van der Waals surface area contributed by atoms with Crippen LogP contribution in [0.15, 0.2) is 54.9 Å². The third-order valence-electron chi connectivity index (χ3n) is 3.53. The lowest BCUT2D eigenvalue weighted by atomic mass is 10.2. The highest BCUT2D eigenvalue weighted by Gasteiger charge is 2.07. The summed E-state index contributed by atoms with van der Waals surface area (Å²) in [5, 5.41) is 2.83. The molecule has 3 rings (SSSR count). The number of anilines is 1. The van der Waals surface area contributed by atoms with Crippen molar-refractivity contribution in [2.45, 2.75) is 19.8 Å². The second kappa shape index (κ2) is 6.96. The lowest BCUT2D eigenvalue weighted by molar-refractivity contribution is -0.116. The maximum Gasteiger partial charge on any atom is 0.226 e. The number of hydrogen-bond donors (Lipinski definition) is 1. The fourth-order valence-electron chi connectivity index (χ4n) is 2.28. The number of carbonyl (C=O) groups excluding carboxylic acids is 1. The SMILES string of the molecule is Cc1ccc(OCCCC(=O)Nc2ncc3ccccn23)cc1. The standard InChI is InChI=1S/C18H19N3O2/c1-14-7-9-16(10-8-14)23-12-4-6-17(22)20-18-19-13-15-5-2-3-11-21(15)18/h2-3,5,7-11,13H,4,6,12H2,1H3,(H,19,20,22). The Labute approximate surface area is 134 Å². The predicted octanol–water partition coefficient (Wildman–Crippen LogP) is 3.44. The molecular weight excluding hydrogens is 290 g/mol. The van der Waals surface area contributed by atoms with Crippen molar-refractivity contribution in [1.82, 2.24) is 9.38 Å². The van der Waals surface area contributed by atoms with Crippen LogP contribution in [0.4, 0.5) is 5.95 Å². The van der Waals surface area contributed by atoms with Gasteiger partial charge in [-0.3, -0.25) is 14.5 Å². The first-order valence-electron chi connectivity index (χ1n) is 7.64. The number of nitrogens with one attached hydrogen (secondary N) is 1. The number of nitrogens with zero attached hydrogens (tertiary/aromatic N) is 2. The third kappa shape index (κ3) is 3.88. The number of fused-ring (bicyclic) bond motifs is 1. The minimum Gasteiger partial charge on any atom is -0.494 e. The predicted molar refractivity (Wildman–Crippen MR) is 89.7 cm³/mol. The molecule has 2 aromatic heterocycles. The molecule has 0 saturated heterocycles. The first-order chi connectivity index (χ1) is 11.2. The van der Waals surface area contributed by atoms with E-state index < -0.39 is 0 Å². The molecule has 0 bridgehead atoms. The molecule has 0 aliphatic rings. The molecule has 5 heteroatoms. The summed E-state index contributed by atoms with van der Waals surface area (Å²) in [5.41, 5.74) is 2.15. The zero-order valence-electron chi connectivity index (χ0n) is 13.0. The molecule has 0 unspecified atom stereocenters. The van der Waals surface area contributed by atoms with Crippen LogP contribution < -0.4 is 10.1 Å². The first-order valence-corrected chi connectivity index (χ1v) is 7.64. The highest BCUT2D eigenvalue weighted by molar-refractivity contribution is 5.89. The topological polar surface area (TPSA) is 55.6 Å². The van der Waals surface area contributed by atoms with E-state index >= 15 is 0 Å². The van der Waals surface area contributed by atoms with E-state index in [2.05, 4.69) is 10.3 Å². The number of amides is 1. The van der Waals surface area contributed by atoms with Crippen LogP contribution in [0.1, 0.15) is 18.4 Å². The van der Waals surface area contributed by atoms with Crippen molar-refractivity contribution in [3.8, 4) is 5.75 Å². The van der Waals surface area contributed by atoms with Crippen molar-refractivity contribution in [3.63, 3.8) is 0 Å². The number of ether oxygens (including phenoxy) is 1. The van der Waals surface area contributed by atoms with Crippen molar-refractivity contribution in [1.29, 1.82) is 0 Å². The molecular formula is C18H19N3O2. The van der Waals surface area contributed by atoms with Crippen molar-refractivity contribution in [2.75, 3.05) is 11.9 Å². The number of pyridine rings is 1. The smallest absolute Gasteiger partial charge is 0.226 e. The van der Waals surface area contributed by atoms with Crippen molar-refractivity contribution >= 4 is 17.4 Å². The number of hydrogen-bond acceptors (Lipinski definition) is 3. The van der Waals surface area contributed by atoms with E-state index in [4.69, 9.17) is 4.74 Å². The summed E-state index contributed by atoms with van der Waals surface area (Å²) in [7, 11) is 0. The van der Waals surface area contributed by atoms with Gasteiger partial charge in [0, 0.05) is 12.6 Å². The Morgan fingerprint density at radius 1 is 1.22 bits per heavy atom. The van der Waals surface area contributed by atoms with E-state index in [0.717, 1.165) is 11.3 Å². The molecule has 0 radical (unpaired) electrons. The van der Waals surface area contributed by atoms with Gasteiger partial charge >= 0.3 is 0 Å². The van der Waals surface area contributed by atoms with Gasteiger partial charge in [0.2, 0.25) is 11.9 Å². The molecule has 2 heterocycles. The van der Waals surface area contributed by atoms with Gasteiger partial charge in [-0.2, -0.15) is 0 Å². The third-order valence-corrected chi connectivity index (χ3v) is 3.53. The average molecular weight is 309 g/mol. The molecule has 0 saturated carbocycles. The summed E-state index contributed by atoms with van der Waals surface area (Å²) >= 11 is 0. The lowest BCUT2D eigenvalue weighted by Gasteiger charge is -2.07. The van der Waals surface area contributed by atoms with Crippen LogP contribution in [-0.4, -0.2) is 21.9 Å². The van der Waals surface area contributed by atoms with Crippen LogP contribution in [0.2, 0.25) is 0 Å². The van der Waals surface area contributed by atoms with Crippen LogP contribution in [-0.2, 0) is 4.79 Å². The number of carbonyl (C=O) groups is 1. The Morgan fingerprint density at radius 2 is 2.04 bits per heavy atom. The second-order valence-electron chi connectivity index (χ2n) is 5.39. The minimum absolute atomic E-state index is 0.0612. The van der Waals surface area contributed by atoms with E-state index in [1.54, 1.807) is 6.20 Å². The normalized spacial score (nSPS) is 10.7. The zero-order valence-corrected chi connectivity index (χ0v) is 13.0. The molecule has 1 amide bonds. The molecule has 1 aromatic carbocycles. The molecule has 1 N–H and O–H groups in total. The average Bonchev–Trinajstić information content (AvgIpc) is 2.96. The Morgan fingerprint density at radius 3 is 2.87 bits per heavy atom. The Balaban J connectivity index is 1.45. The van der Waals surface area contributed by atoms with Crippen LogP contribution in [0.3, 0.4) is 0 Å². The Kier molecular flexibility index (Phi) is 4.57. The molecule has 0 atom stereocenters. The van der Waals surface area contributed by atoms with Crippen LogP contribution >= 0.6 is 0 Å². The Bertz CT molecular complexity index is 793. The summed E-state index contributed by atoms with van der Waals surface area (Å²) < 4.78 is 7.46. The monoisotopic (exact) mass is 309 g/mol. The molecule has 118 valence electrons. The summed E-state index contributed by atoms with van der Waals surface area (Å²) in [6, 6.07) is 13.7. The highest BCUT2D eigenvalue weighted by atomic mass is 16.5. The number of imidazole rings is 1. The van der Waals surface area contributed by atoms with Gasteiger partial charge in [-0.05, 0) is 37.6 Å². The van der Waals surface area contributed by atoms with Crippen LogP contribution in [0.5, 0.6) is 5.75 Å². The van der Waals surface area contributed by atoms with Gasteiger partial charge in [0.05, 0.1) is 18.3 Å².